The molecule has 4 aliphatic rings. The highest BCUT2D eigenvalue weighted by Gasteiger charge is 2.38. The lowest BCUT2D eigenvalue weighted by atomic mass is 9.74. The van der Waals surface area contributed by atoms with Crippen molar-refractivity contribution in [2.45, 2.75) is 38.5 Å². The van der Waals surface area contributed by atoms with Crippen LogP contribution in [0.3, 0.4) is 0 Å². The van der Waals surface area contributed by atoms with Gasteiger partial charge in [-0.3, -0.25) is 9.59 Å². The SMILES string of the molecule is O=C(CCC(=O)N/N=C1\CC2CC=CC12)N/N=C1\CC2CC=CC12. The van der Waals surface area contributed by atoms with E-state index in [0.717, 1.165) is 37.1 Å². The van der Waals surface area contributed by atoms with Crippen LogP contribution in [0.25, 0.3) is 0 Å². The van der Waals surface area contributed by atoms with Crippen molar-refractivity contribution in [3.63, 3.8) is 0 Å². The number of carbonyl (C=O) groups is 2. The van der Waals surface area contributed by atoms with Crippen LogP contribution in [0.1, 0.15) is 38.5 Å². The van der Waals surface area contributed by atoms with Gasteiger partial charge in [-0.1, -0.05) is 24.3 Å². The Balaban J connectivity index is 1.15. The Kier molecular flexibility index (Phi) is 4.04. The summed E-state index contributed by atoms with van der Waals surface area (Å²) in [6.07, 6.45) is 13.1. The molecule has 4 aliphatic carbocycles. The lowest BCUT2D eigenvalue weighted by molar-refractivity contribution is -0.126. The van der Waals surface area contributed by atoms with Gasteiger partial charge in [-0.15, -0.1) is 0 Å². The zero-order valence-electron chi connectivity index (χ0n) is 13.6. The van der Waals surface area contributed by atoms with Crippen molar-refractivity contribution in [2.75, 3.05) is 0 Å². The minimum absolute atomic E-state index is 0.128. The van der Waals surface area contributed by atoms with Crippen molar-refractivity contribution in [3.05, 3.63) is 24.3 Å². The predicted molar refractivity (Wildman–Crippen MR) is 91.1 cm³/mol. The molecule has 2 saturated carbocycles. The van der Waals surface area contributed by atoms with E-state index in [4.69, 9.17) is 0 Å². The summed E-state index contributed by atoms with van der Waals surface area (Å²) < 4.78 is 0. The molecule has 0 aliphatic heterocycles. The second-order valence-electron chi connectivity index (χ2n) is 7.08. The van der Waals surface area contributed by atoms with Crippen LogP contribution in [0, 0.1) is 23.7 Å². The van der Waals surface area contributed by atoms with Crippen molar-refractivity contribution in [1.82, 2.24) is 10.9 Å². The molecule has 0 aromatic carbocycles. The van der Waals surface area contributed by atoms with Crippen molar-refractivity contribution < 1.29 is 9.59 Å². The van der Waals surface area contributed by atoms with Gasteiger partial charge in [0.25, 0.3) is 0 Å². The first-order chi connectivity index (χ1) is 11.7. The van der Waals surface area contributed by atoms with E-state index in [1.807, 2.05) is 0 Å². The van der Waals surface area contributed by atoms with Gasteiger partial charge in [0.15, 0.2) is 0 Å². The highest BCUT2D eigenvalue weighted by molar-refractivity contribution is 5.96. The number of allylic oxidation sites excluding steroid dienone is 4. The summed E-state index contributed by atoms with van der Waals surface area (Å²) in [5.74, 6) is 1.76. The van der Waals surface area contributed by atoms with Crippen LogP contribution in [0.2, 0.25) is 0 Å². The summed E-state index contributed by atoms with van der Waals surface area (Å²) >= 11 is 0. The fourth-order valence-corrected chi connectivity index (χ4v) is 3.93. The minimum atomic E-state index is -0.224. The molecule has 4 rings (SSSR count). The number of hydrogen-bond donors (Lipinski definition) is 2. The molecule has 126 valence electrons. The van der Waals surface area contributed by atoms with E-state index in [1.165, 1.54) is 0 Å². The average molecular weight is 326 g/mol. The summed E-state index contributed by atoms with van der Waals surface area (Å²) in [5, 5.41) is 8.36. The number of hydrogen-bond acceptors (Lipinski definition) is 4. The molecule has 24 heavy (non-hydrogen) atoms. The van der Waals surface area contributed by atoms with E-state index >= 15 is 0 Å². The van der Waals surface area contributed by atoms with Crippen LogP contribution < -0.4 is 10.9 Å². The maximum absolute atomic E-state index is 11.8. The van der Waals surface area contributed by atoms with Gasteiger partial charge in [0.2, 0.25) is 11.8 Å². The van der Waals surface area contributed by atoms with Crippen molar-refractivity contribution in [3.8, 4) is 0 Å². The molecule has 4 atom stereocenters. The van der Waals surface area contributed by atoms with Gasteiger partial charge in [-0.2, -0.15) is 10.2 Å². The highest BCUT2D eigenvalue weighted by Crippen LogP contribution is 2.40. The standard InChI is InChI=1S/C18H22N4O2/c23-17(21-19-15-9-11-3-1-5-13(11)15)7-8-18(24)22-20-16-10-12-4-2-6-14(12)16/h1-2,5-6,11-14H,3-4,7-10H2,(H,21,23)(H,22,24)/b19-15+,20-16+. The minimum Gasteiger partial charge on any atom is -0.273 e. The number of rotatable bonds is 5. The predicted octanol–water partition coefficient (Wildman–Crippen LogP) is 1.90. The molecule has 0 spiro atoms. The van der Waals surface area contributed by atoms with Gasteiger partial charge in [0, 0.05) is 36.1 Å². The van der Waals surface area contributed by atoms with Crippen molar-refractivity contribution in [2.24, 2.45) is 33.9 Å². The topological polar surface area (TPSA) is 82.9 Å². The molecule has 0 radical (unpaired) electrons. The molecule has 6 heteroatoms. The first-order valence-electron chi connectivity index (χ1n) is 8.74. The molecule has 6 nitrogen and oxygen atoms in total. The van der Waals surface area contributed by atoms with E-state index in [9.17, 15) is 9.59 Å². The lowest BCUT2D eigenvalue weighted by Gasteiger charge is -2.31. The van der Waals surface area contributed by atoms with Crippen LogP contribution >= 0.6 is 0 Å². The van der Waals surface area contributed by atoms with Gasteiger partial charge in [-0.25, -0.2) is 10.9 Å². The van der Waals surface area contributed by atoms with Crippen LogP contribution in [-0.4, -0.2) is 23.2 Å². The second-order valence-corrected chi connectivity index (χ2v) is 7.08. The third kappa shape index (κ3) is 2.92. The first kappa shape index (κ1) is 15.3. The molecule has 0 heterocycles. The van der Waals surface area contributed by atoms with E-state index in [1.54, 1.807) is 0 Å². The third-order valence-electron chi connectivity index (χ3n) is 5.52. The van der Waals surface area contributed by atoms with Crippen LogP contribution in [-0.2, 0) is 9.59 Å². The lowest BCUT2D eigenvalue weighted by Crippen LogP contribution is -2.36. The number of nitrogens with one attached hydrogen (secondary N) is 2. The van der Waals surface area contributed by atoms with Gasteiger partial charge >= 0.3 is 0 Å². The van der Waals surface area contributed by atoms with Gasteiger partial charge in [0.05, 0.1) is 0 Å². The number of amides is 2. The normalized spacial score (nSPS) is 35.3. The summed E-state index contributed by atoms with van der Waals surface area (Å²) in [6.45, 7) is 0. The van der Waals surface area contributed by atoms with Crippen molar-refractivity contribution >= 4 is 23.2 Å². The highest BCUT2D eigenvalue weighted by atomic mass is 16.2. The van der Waals surface area contributed by atoms with Crippen LogP contribution in [0.4, 0.5) is 0 Å². The molecule has 2 fully saturated rings. The summed E-state index contributed by atoms with van der Waals surface area (Å²) in [5.41, 5.74) is 7.21. The van der Waals surface area contributed by atoms with Gasteiger partial charge < -0.3 is 0 Å². The molecule has 2 amide bonds. The number of hydrazone groups is 2. The largest absolute Gasteiger partial charge is 0.273 e. The van der Waals surface area contributed by atoms with Gasteiger partial charge in [-0.05, 0) is 37.5 Å². The fraction of sp³-hybridized carbons (Fsp3) is 0.556. The maximum Gasteiger partial charge on any atom is 0.240 e. The monoisotopic (exact) mass is 326 g/mol. The second kappa shape index (κ2) is 6.34. The smallest absolute Gasteiger partial charge is 0.240 e. The van der Waals surface area contributed by atoms with E-state index in [-0.39, 0.29) is 24.7 Å². The Morgan fingerprint density at radius 3 is 1.75 bits per heavy atom. The first-order valence-corrected chi connectivity index (χ1v) is 8.74. The molecular weight excluding hydrogens is 304 g/mol. The number of carbonyl (C=O) groups excluding carboxylic acids is 2. The average Bonchev–Trinajstić information content (AvgIpc) is 3.09. The number of fused-ring (bicyclic) bond motifs is 2. The fourth-order valence-electron chi connectivity index (χ4n) is 3.93. The summed E-state index contributed by atoms with van der Waals surface area (Å²) in [6, 6.07) is 0. The molecule has 0 bridgehead atoms. The Morgan fingerprint density at radius 1 is 0.875 bits per heavy atom. The maximum atomic E-state index is 11.8. The summed E-state index contributed by atoms with van der Waals surface area (Å²) in [7, 11) is 0. The quantitative estimate of drug-likeness (QED) is 0.597. The van der Waals surface area contributed by atoms with Crippen LogP contribution in [0.5, 0.6) is 0 Å². The molecule has 0 saturated heterocycles. The van der Waals surface area contributed by atoms with E-state index in [2.05, 4.69) is 45.4 Å². The Bertz CT molecular complexity index is 619. The number of nitrogens with zero attached hydrogens (tertiary/aromatic N) is 2. The van der Waals surface area contributed by atoms with Crippen LogP contribution in [0.15, 0.2) is 34.5 Å². The zero-order valence-corrected chi connectivity index (χ0v) is 13.6. The summed E-state index contributed by atoms with van der Waals surface area (Å²) in [4.78, 5) is 23.6. The molecular formula is C18H22N4O2. The van der Waals surface area contributed by atoms with E-state index < -0.39 is 0 Å². The Labute approximate surface area is 141 Å². The van der Waals surface area contributed by atoms with Crippen molar-refractivity contribution in [1.29, 1.82) is 0 Å². The molecule has 0 aromatic heterocycles. The zero-order chi connectivity index (χ0) is 16.5. The third-order valence-corrected chi connectivity index (χ3v) is 5.52. The molecule has 0 aromatic rings. The molecule has 4 unspecified atom stereocenters. The Hall–Kier alpha value is -2.24. The van der Waals surface area contributed by atoms with Gasteiger partial charge in [0.1, 0.15) is 0 Å². The molecule has 2 N–H and O–H groups in total. The van der Waals surface area contributed by atoms with E-state index in [0.29, 0.717) is 23.7 Å². The Morgan fingerprint density at radius 2 is 1.33 bits per heavy atom.